The number of ketones is 1. The molecule has 0 bridgehead atoms. The Bertz CT molecular complexity index is 1740. The molecule has 10 heteroatoms. The first-order chi connectivity index (χ1) is 20.3. The Morgan fingerprint density at radius 2 is 2.02 bits per heavy atom. The Labute approximate surface area is 243 Å². The second kappa shape index (κ2) is 11.2. The van der Waals surface area contributed by atoms with Crippen LogP contribution in [0.5, 0.6) is 0 Å². The molecule has 1 aliphatic carbocycles. The molecule has 1 atom stereocenters. The highest BCUT2D eigenvalue weighted by molar-refractivity contribution is 6.07. The van der Waals surface area contributed by atoms with Crippen LogP contribution in [-0.4, -0.2) is 69.0 Å². The highest BCUT2D eigenvalue weighted by Gasteiger charge is 2.33. The maximum absolute atomic E-state index is 13.3. The highest BCUT2D eigenvalue weighted by Crippen LogP contribution is 2.37. The number of hydrogen-bond acceptors (Lipinski definition) is 7. The molecule has 2 aromatic carbocycles. The summed E-state index contributed by atoms with van der Waals surface area (Å²) in [5.41, 5.74) is 11.0. The number of anilines is 2. The first kappa shape index (κ1) is 27.3. The summed E-state index contributed by atoms with van der Waals surface area (Å²) in [6.07, 6.45) is 9.82. The van der Waals surface area contributed by atoms with E-state index < -0.39 is 0 Å². The van der Waals surface area contributed by atoms with Gasteiger partial charge in [0.2, 0.25) is 5.91 Å². The minimum absolute atomic E-state index is 0.0494. The van der Waals surface area contributed by atoms with Crippen LogP contribution in [0.1, 0.15) is 57.4 Å². The third-order valence-corrected chi connectivity index (χ3v) is 7.86. The van der Waals surface area contributed by atoms with E-state index in [-0.39, 0.29) is 23.6 Å². The van der Waals surface area contributed by atoms with Gasteiger partial charge in [-0.2, -0.15) is 0 Å². The summed E-state index contributed by atoms with van der Waals surface area (Å²) in [6.45, 7) is 1.32. The van der Waals surface area contributed by atoms with Gasteiger partial charge in [0.25, 0.3) is 5.91 Å². The molecule has 0 saturated carbocycles. The molecular formula is C32H33N7O3. The van der Waals surface area contributed by atoms with E-state index in [1.165, 1.54) is 0 Å². The monoisotopic (exact) mass is 563 g/mol. The molecule has 2 aliphatic rings. The lowest BCUT2D eigenvalue weighted by Gasteiger charge is -2.22. The van der Waals surface area contributed by atoms with Crippen molar-refractivity contribution in [1.82, 2.24) is 24.2 Å². The van der Waals surface area contributed by atoms with E-state index in [4.69, 9.17) is 10.7 Å². The summed E-state index contributed by atoms with van der Waals surface area (Å²) in [5.74, 6) is 0.772. The summed E-state index contributed by atoms with van der Waals surface area (Å²) in [4.78, 5) is 51.7. The van der Waals surface area contributed by atoms with Crippen molar-refractivity contribution in [3.63, 3.8) is 0 Å². The minimum atomic E-state index is -0.297. The molecule has 3 heterocycles. The van der Waals surface area contributed by atoms with Crippen molar-refractivity contribution in [3.05, 3.63) is 89.5 Å². The van der Waals surface area contributed by atoms with Gasteiger partial charge in [-0.15, -0.1) is 0 Å². The average molecular weight is 564 g/mol. The number of aromatic nitrogens is 3. The Morgan fingerprint density at radius 1 is 1.17 bits per heavy atom. The Balaban J connectivity index is 1.32. The number of amides is 2. The highest BCUT2D eigenvalue weighted by atomic mass is 16.2. The molecule has 2 amide bonds. The molecular weight excluding hydrogens is 530 g/mol. The quantitative estimate of drug-likeness (QED) is 0.324. The number of Topliss-reactive ketones (excluding diaryl/α,β-unsaturated/α-hetero) is 1. The van der Waals surface area contributed by atoms with Crippen LogP contribution in [0, 0.1) is 0 Å². The number of nitrogens with two attached hydrogens (primary N) is 1. The third kappa shape index (κ3) is 5.16. The minimum Gasteiger partial charge on any atom is -0.382 e. The largest absolute Gasteiger partial charge is 0.382 e. The van der Waals surface area contributed by atoms with Gasteiger partial charge in [-0.1, -0.05) is 24.3 Å². The van der Waals surface area contributed by atoms with Gasteiger partial charge in [0.1, 0.15) is 22.9 Å². The lowest BCUT2D eigenvalue weighted by Crippen LogP contribution is -2.30. The first-order valence-corrected chi connectivity index (χ1v) is 14.1. The van der Waals surface area contributed by atoms with E-state index in [0.717, 1.165) is 24.8 Å². The maximum Gasteiger partial charge on any atom is 0.255 e. The number of rotatable bonds is 7. The van der Waals surface area contributed by atoms with Crippen LogP contribution >= 0.6 is 0 Å². The Morgan fingerprint density at radius 3 is 2.86 bits per heavy atom. The van der Waals surface area contributed by atoms with E-state index in [0.29, 0.717) is 64.7 Å². The number of carbonyl (C=O) groups is 3. The van der Waals surface area contributed by atoms with E-state index in [1.807, 2.05) is 58.8 Å². The number of benzene rings is 2. The summed E-state index contributed by atoms with van der Waals surface area (Å²) < 4.78 is 1.91. The number of likely N-dealkylation sites (tertiary alicyclic amines) is 1. The molecule has 1 saturated heterocycles. The van der Waals surface area contributed by atoms with Crippen molar-refractivity contribution in [3.8, 4) is 11.3 Å². The van der Waals surface area contributed by atoms with Gasteiger partial charge in [-0.25, -0.2) is 9.97 Å². The molecule has 0 spiro atoms. The summed E-state index contributed by atoms with van der Waals surface area (Å²) >= 11 is 0. The number of nitrogens with zero attached hydrogens (tertiary/aromatic N) is 5. The molecule has 0 radical (unpaired) electrons. The predicted molar refractivity (Wildman–Crippen MR) is 161 cm³/mol. The Hall–Kier alpha value is -4.83. The fourth-order valence-electron chi connectivity index (χ4n) is 5.81. The zero-order valence-electron chi connectivity index (χ0n) is 23.7. The van der Waals surface area contributed by atoms with Crippen molar-refractivity contribution < 1.29 is 14.4 Å². The average Bonchev–Trinajstić information content (AvgIpc) is 3.70. The van der Waals surface area contributed by atoms with Crippen LogP contribution in [0.25, 0.3) is 16.8 Å². The van der Waals surface area contributed by atoms with Crippen LogP contribution in [0.15, 0.2) is 67.0 Å². The van der Waals surface area contributed by atoms with Gasteiger partial charge in [-0.05, 0) is 63.2 Å². The lowest BCUT2D eigenvalue weighted by molar-refractivity contribution is -0.127. The van der Waals surface area contributed by atoms with E-state index >= 15 is 0 Å². The van der Waals surface area contributed by atoms with Gasteiger partial charge in [0.05, 0.1) is 6.04 Å². The molecule has 2 aromatic heterocycles. The van der Waals surface area contributed by atoms with Crippen LogP contribution in [0.4, 0.5) is 11.5 Å². The van der Waals surface area contributed by atoms with Crippen molar-refractivity contribution >= 4 is 34.6 Å². The van der Waals surface area contributed by atoms with Crippen molar-refractivity contribution in [2.24, 2.45) is 0 Å². The van der Waals surface area contributed by atoms with Crippen LogP contribution in [0.3, 0.4) is 0 Å². The SMILES string of the molecule is CN(C)C/C=C/C(=O)N1CCC[C@H]1c1nc(-c2cccc(C(=O)Nc3ccc4c(c3)C(=O)CC4)c2)c2c(N)nccn12. The molecule has 214 valence electrons. The van der Waals surface area contributed by atoms with Crippen molar-refractivity contribution in [2.45, 2.75) is 31.7 Å². The number of nitrogen functional groups attached to an aromatic ring is 1. The van der Waals surface area contributed by atoms with E-state index in [1.54, 1.807) is 36.5 Å². The summed E-state index contributed by atoms with van der Waals surface area (Å²) in [5, 5.41) is 2.92. The van der Waals surface area contributed by atoms with E-state index in [2.05, 4.69) is 10.3 Å². The number of nitrogens with one attached hydrogen (secondary N) is 1. The van der Waals surface area contributed by atoms with Crippen molar-refractivity contribution in [1.29, 1.82) is 0 Å². The predicted octanol–water partition coefficient (Wildman–Crippen LogP) is 4.14. The second-order valence-electron chi connectivity index (χ2n) is 11.0. The fourth-order valence-corrected chi connectivity index (χ4v) is 5.81. The first-order valence-electron chi connectivity index (χ1n) is 14.1. The summed E-state index contributed by atoms with van der Waals surface area (Å²) in [7, 11) is 3.91. The molecule has 42 heavy (non-hydrogen) atoms. The number of carbonyl (C=O) groups excluding carboxylic acids is 3. The third-order valence-electron chi connectivity index (χ3n) is 7.86. The smallest absolute Gasteiger partial charge is 0.255 e. The molecule has 4 aromatic rings. The fraction of sp³-hybridized carbons (Fsp3) is 0.281. The molecule has 1 aliphatic heterocycles. The zero-order chi connectivity index (χ0) is 29.4. The van der Waals surface area contributed by atoms with E-state index in [9.17, 15) is 14.4 Å². The standard InChI is InChI=1S/C32H33N7O3/c1-37(2)15-5-9-27(41)38-16-4-8-25(38)31-36-28(29-30(33)34-14-17-39(29)31)21-6-3-7-22(18-21)32(42)35-23-12-10-20-11-13-26(40)24(20)19-23/h3,5-7,9-10,12,14,17-19,25H,4,8,11,13,15-16H2,1-2H3,(H2,33,34)(H,35,42)/b9-5+/t25-/m0/s1. The molecule has 6 rings (SSSR count). The normalized spacial score (nSPS) is 16.6. The molecule has 3 N–H and O–H groups in total. The van der Waals surface area contributed by atoms with Gasteiger partial charge >= 0.3 is 0 Å². The maximum atomic E-state index is 13.3. The molecule has 10 nitrogen and oxygen atoms in total. The zero-order valence-corrected chi connectivity index (χ0v) is 23.7. The number of imidazole rings is 1. The number of aryl methyl sites for hydroxylation is 1. The van der Waals surface area contributed by atoms with Gasteiger partial charge in [0.15, 0.2) is 5.78 Å². The summed E-state index contributed by atoms with van der Waals surface area (Å²) in [6, 6.07) is 12.4. The second-order valence-corrected chi connectivity index (χ2v) is 11.0. The number of fused-ring (bicyclic) bond motifs is 2. The van der Waals surface area contributed by atoms with Gasteiger partial charge in [-0.3, -0.25) is 18.8 Å². The topological polar surface area (TPSA) is 126 Å². The van der Waals surface area contributed by atoms with Crippen molar-refractivity contribution in [2.75, 3.05) is 38.2 Å². The lowest BCUT2D eigenvalue weighted by atomic mass is 10.1. The number of likely N-dealkylation sites (N-methyl/N-ethyl adjacent to an activating group) is 1. The molecule has 0 unspecified atom stereocenters. The van der Waals surface area contributed by atoms with Crippen LogP contribution < -0.4 is 11.1 Å². The Kier molecular flexibility index (Phi) is 7.30. The van der Waals surface area contributed by atoms with Crippen LogP contribution in [0.2, 0.25) is 0 Å². The van der Waals surface area contributed by atoms with Gasteiger partial charge < -0.3 is 20.9 Å². The van der Waals surface area contributed by atoms with Crippen LogP contribution in [-0.2, 0) is 11.2 Å². The van der Waals surface area contributed by atoms with Gasteiger partial charge in [0, 0.05) is 60.4 Å². The molecule has 1 fully saturated rings. The number of hydrogen-bond donors (Lipinski definition) is 2.